The quantitative estimate of drug-likeness (QED) is 0.287. The Kier molecular flexibility index (Phi) is 8.46. The molecule has 30 heavy (non-hydrogen) atoms. The largest absolute Gasteiger partial charge is 0.411 e. The van der Waals surface area contributed by atoms with Gasteiger partial charge in [0.15, 0.2) is 14.1 Å². The van der Waals surface area contributed by atoms with Crippen molar-refractivity contribution in [3.8, 4) is 0 Å². The van der Waals surface area contributed by atoms with Crippen LogP contribution in [0, 0.1) is 11.8 Å². The van der Waals surface area contributed by atoms with E-state index in [0.29, 0.717) is 24.7 Å². The van der Waals surface area contributed by atoms with Gasteiger partial charge in [-0.1, -0.05) is 36.4 Å². The van der Waals surface area contributed by atoms with Crippen molar-refractivity contribution in [1.29, 1.82) is 0 Å². The molecule has 176 valence electrons. The summed E-state index contributed by atoms with van der Waals surface area (Å²) >= 11 is 3.84. The van der Waals surface area contributed by atoms with Crippen LogP contribution in [0.1, 0.15) is 34.6 Å². The molecule has 0 amide bonds. The van der Waals surface area contributed by atoms with Gasteiger partial charge in [-0.25, -0.2) is 0 Å². The fourth-order valence-electron chi connectivity index (χ4n) is 4.48. The van der Waals surface area contributed by atoms with E-state index in [0.717, 1.165) is 0 Å². The number of aliphatic hydroxyl groups is 1. The lowest BCUT2D eigenvalue weighted by atomic mass is 9.80. The highest BCUT2D eigenvalue weighted by molar-refractivity contribution is 9.09. The van der Waals surface area contributed by atoms with Crippen LogP contribution in [0.3, 0.4) is 0 Å². The first-order valence-electron chi connectivity index (χ1n) is 10.8. The Morgan fingerprint density at radius 2 is 1.80 bits per heavy atom. The molecule has 1 N–H and O–H groups in total. The SMILES string of the molecule is C=C([C@@H](O)[C@H](C)[C@@H](O[Si](C)(C)C)[C@@]1(C)OC[C@@H](C)[C@@H]1Br)[C@H](OC)[C@@H]1COC(C)(C)O1. The maximum atomic E-state index is 11.4. The molecule has 0 spiro atoms. The highest BCUT2D eigenvalue weighted by Gasteiger charge is 2.54. The monoisotopic (exact) mass is 508 g/mol. The molecular formula is C22H41BrO6Si. The molecule has 0 radical (unpaired) electrons. The van der Waals surface area contributed by atoms with Gasteiger partial charge in [-0.15, -0.1) is 0 Å². The minimum Gasteiger partial charge on any atom is -0.411 e. The molecule has 2 fully saturated rings. The van der Waals surface area contributed by atoms with Crippen LogP contribution in [0.5, 0.6) is 0 Å². The highest BCUT2D eigenvalue weighted by Crippen LogP contribution is 2.44. The molecule has 0 aliphatic carbocycles. The number of ether oxygens (including phenoxy) is 4. The zero-order valence-corrected chi connectivity index (χ0v) is 22.6. The Hall–Kier alpha value is 0.197. The molecule has 0 aromatic heterocycles. The summed E-state index contributed by atoms with van der Waals surface area (Å²) in [6, 6.07) is 0. The Labute approximate surface area is 191 Å². The van der Waals surface area contributed by atoms with E-state index >= 15 is 0 Å². The zero-order chi connectivity index (χ0) is 23.1. The number of alkyl halides is 1. The van der Waals surface area contributed by atoms with E-state index in [2.05, 4.69) is 56.0 Å². The fraction of sp³-hybridized carbons (Fsp3) is 0.909. The molecule has 8 atom stereocenters. The van der Waals surface area contributed by atoms with Crippen LogP contribution in [0.4, 0.5) is 0 Å². The molecule has 0 bridgehead atoms. The molecule has 2 rings (SSSR count). The van der Waals surface area contributed by atoms with Gasteiger partial charge in [0.2, 0.25) is 0 Å². The number of rotatable bonds is 9. The smallest absolute Gasteiger partial charge is 0.184 e. The van der Waals surface area contributed by atoms with Gasteiger partial charge < -0.3 is 28.5 Å². The topological polar surface area (TPSA) is 66.4 Å². The first-order chi connectivity index (χ1) is 13.6. The predicted molar refractivity (Wildman–Crippen MR) is 124 cm³/mol. The molecule has 0 aromatic carbocycles. The molecule has 2 aliphatic heterocycles. The van der Waals surface area contributed by atoms with Crippen LogP contribution >= 0.6 is 15.9 Å². The van der Waals surface area contributed by atoms with Crippen molar-refractivity contribution < 1.29 is 28.5 Å². The summed E-state index contributed by atoms with van der Waals surface area (Å²) in [4.78, 5) is 0.125. The van der Waals surface area contributed by atoms with E-state index in [4.69, 9.17) is 23.4 Å². The molecule has 6 nitrogen and oxygen atoms in total. The molecule has 2 heterocycles. The summed E-state index contributed by atoms with van der Waals surface area (Å²) < 4.78 is 30.3. The van der Waals surface area contributed by atoms with Gasteiger partial charge in [-0.2, -0.15) is 0 Å². The van der Waals surface area contributed by atoms with E-state index < -0.39 is 31.9 Å². The van der Waals surface area contributed by atoms with E-state index in [9.17, 15) is 5.11 Å². The Balaban J connectivity index is 2.25. The second kappa shape index (κ2) is 9.59. The van der Waals surface area contributed by atoms with Crippen LogP contribution in [0.2, 0.25) is 19.6 Å². The van der Waals surface area contributed by atoms with Gasteiger partial charge in [0.05, 0.1) is 30.2 Å². The standard InChI is InChI=1S/C22H41BrO6Si/c1-13-11-27-22(6,19(13)23)20(29-30(8,9)10)15(3)17(24)14(2)18(25-7)16-12-26-21(4,5)28-16/h13,15-20,24H,2,11-12H2,1,3-10H3/t13-,15+,16+,17-,18+,19+,20-,22+/m1/s1. The van der Waals surface area contributed by atoms with Gasteiger partial charge >= 0.3 is 0 Å². The third-order valence-corrected chi connectivity index (χ3v) is 8.87. The zero-order valence-electron chi connectivity index (χ0n) is 20.0. The molecular weight excluding hydrogens is 468 g/mol. The van der Waals surface area contributed by atoms with Crippen molar-refractivity contribution in [2.45, 2.75) is 94.9 Å². The van der Waals surface area contributed by atoms with Gasteiger partial charge in [0, 0.05) is 13.0 Å². The van der Waals surface area contributed by atoms with Crippen LogP contribution in [-0.4, -0.2) is 74.4 Å². The molecule has 0 saturated carbocycles. The first kappa shape index (κ1) is 26.4. The van der Waals surface area contributed by atoms with Crippen LogP contribution in [0.15, 0.2) is 12.2 Å². The van der Waals surface area contributed by atoms with Crippen molar-refractivity contribution in [3.63, 3.8) is 0 Å². The first-order valence-corrected chi connectivity index (χ1v) is 15.1. The average molecular weight is 510 g/mol. The molecule has 2 aliphatic rings. The number of hydrogen-bond acceptors (Lipinski definition) is 6. The van der Waals surface area contributed by atoms with Crippen LogP contribution in [-0.2, 0) is 23.4 Å². The van der Waals surface area contributed by atoms with E-state index in [-0.39, 0.29) is 23.0 Å². The van der Waals surface area contributed by atoms with Gasteiger partial charge in [0.1, 0.15) is 17.8 Å². The van der Waals surface area contributed by atoms with E-state index in [1.807, 2.05) is 20.8 Å². The fourth-order valence-corrected chi connectivity index (χ4v) is 6.24. The maximum Gasteiger partial charge on any atom is 0.184 e. The van der Waals surface area contributed by atoms with Gasteiger partial charge in [-0.05, 0) is 51.9 Å². The van der Waals surface area contributed by atoms with Crippen LogP contribution < -0.4 is 0 Å². The summed E-state index contributed by atoms with van der Waals surface area (Å²) in [5.41, 5.74) is 0.0130. The summed E-state index contributed by atoms with van der Waals surface area (Å²) in [5, 5.41) is 11.4. The maximum absolute atomic E-state index is 11.4. The third kappa shape index (κ3) is 5.76. The Morgan fingerprint density at radius 3 is 2.20 bits per heavy atom. The van der Waals surface area contributed by atoms with E-state index in [1.165, 1.54) is 0 Å². The Morgan fingerprint density at radius 1 is 1.20 bits per heavy atom. The number of methoxy groups -OCH3 is 1. The molecule has 0 unspecified atom stereocenters. The molecule has 0 aromatic rings. The number of hydrogen-bond donors (Lipinski definition) is 1. The average Bonchev–Trinajstić information content (AvgIpc) is 3.12. The highest BCUT2D eigenvalue weighted by atomic mass is 79.9. The summed E-state index contributed by atoms with van der Waals surface area (Å²) in [5.74, 6) is -0.576. The summed E-state index contributed by atoms with van der Waals surface area (Å²) in [6.07, 6.45) is -1.95. The lowest BCUT2D eigenvalue weighted by Crippen LogP contribution is -2.56. The minimum absolute atomic E-state index is 0.125. The van der Waals surface area contributed by atoms with Crippen LogP contribution in [0.25, 0.3) is 0 Å². The summed E-state index contributed by atoms with van der Waals surface area (Å²) in [6.45, 7) is 21.7. The third-order valence-electron chi connectivity index (χ3n) is 6.09. The lowest BCUT2D eigenvalue weighted by Gasteiger charge is -2.45. The second-order valence-corrected chi connectivity index (χ2v) is 15.9. The predicted octanol–water partition coefficient (Wildman–Crippen LogP) is 4.11. The van der Waals surface area contributed by atoms with Crippen molar-refractivity contribution in [2.24, 2.45) is 11.8 Å². The van der Waals surface area contributed by atoms with Crippen molar-refractivity contribution in [1.82, 2.24) is 0 Å². The molecule has 8 heteroatoms. The second-order valence-electron chi connectivity index (χ2n) is 10.4. The number of halogens is 1. The van der Waals surface area contributed by atoms with Crippen molar-refractivity contribution in [2.75, 3.05) is 20.3 Å². The molecule has 2 saturated heterocycles. The lowest BCUT2D eigenvalue weighted by molar-refractivity contribution is -0.152. The summed E-state index contributed by atoms with van der Waals surface area (Å²) in [7, 11) is -0.321. The minimum atomic E-state index is -1.93. The Bertz CT molecular complexity index is 609. The van der Waals surface area contributed by atoms with Gasteiger partial charge in [-0.3, -0.25) is 0 Å². The van der Waals surface area contributed by atoms with E-state index in [1.54, 1.807) is 7.11 Å². The number of aliphatic hydroxyl groups excluding tert-OH is 1. The van der Waals surface area contributed by atoms with Crippen molar-refractivity contribution in [3.05, 3.63) is 12.2 Å². The van der Waals surface area contributed by atoms with Gasteiger partial charge in [0.25, 0.3) is 0 Å². The normalized spacial score (nSPS) is 35.8. The van der Waals surface area contributed by atoms with Crippen molar-refractivity contribution >= 4 is 24.2 Å².